The zero-order valence-electron chi connectivity index (χ0n) is 15.4. The molecule has 1 unspecified atom stereocenters. The molecule has 1 amide bonds. The van der Waals surface area contributed by atoms with E-state index in [9.17, 15) is 4.79 Å². The first-order valence-electron chi connectivity index (χ1n) is 9.63. The predicted octanol–water partition coefficient (Wildman–Crippen LogP) is 4.84. The van der Waals surface area contributed by atoms with Gasteiger partial charge in [0, 0.05) is 35.0 Å². The van der Waals surface area contributed by atoms with Gasteiger partial charge in [-0.2, -0.15) is 0 Å². The highest BCUT2D eigenvalue weighted by molar-refractivity contribution is 9.10. The fraction of sp³-hybridized carbons (Fsp3) is 0.650. The Kier molecular flexibility index (Phi) is 7.24. The molecule has 1 aromatic carbocycles. The van der Waals surface area contributed by atoms with E-state index < -0.39 is 0 Å². The van der Waals surface area contributed by atoms with Gasteiger partial charge in [-0.1, -0.05) is 34.5 Å². The molecule has 4 nitrogen and oxygen atoms in total. The van der Waals surface area contributed by atoms with Crippen LogP contribution in [0.5, 0.6) is 0 Å². The number of rotatable bonds is 6. The second kappa shape index (κ2) is 9.43. The van der Waals surface area contributed by atoms with Crippen molar-refractivity contribution in [2.45, 2.75) is 32.6 Å². The molecule has 6 heteroatoms. The van der Waals surface area contributed by atoms with Crippen molar-refractivity contribution in [3.8, 4) is 0 Å². The van der Waals surface area contributed by atoms with Gasteiger partial charge in [-0.05, 0) is 68.5 Å². The molecule has 2 aliphatic heterocycles. The molecule has 144 valence electrons. The number of cyclic esters (lactones) is 1. The summed E-state index contributed by atoms with van der Waals surface area (Å²) in [4.78, 5) is 16.2. The SMILES string of the molecule is CCCN1CC(CN2CCC(Cc3cc(Cl)ccc3Br)CC2)COC1=O. The van der Waals surface area contributed by atoms with Crippen LogP contribution in [0.15, 0.2) is 22.7 Å². The number of hydrogen-bond donors (Lipinski definition) is 0. The number of amides is 1. The Morgan fingerprint density at radius 1 is 1.27 bits per heavy atom. The van der Waals surface area contributed by atoms with Crippen LogP contribution in [0.2, 0.25) is 5.02 Å². The molecule has 0 aromatic heterocycles. The normalized spacial score (nSPS) is 22.5. The molecule has 0 saturated carbocycles. The van der Waals surface area contributed by atoms with Crippen LogP contribution in [-0.4, -0.2) is 55.2 Å². The van der Waals surface area contributed by atoms with E-state index in [1.54, 1.807) is 0 Å². The minimum atomic E-state index is -0.145. The van der Waals surface area contributed by atoms with E-state index in [1.807, 2.05) is 17.0 Å². The molecule has 2 aliphatic rings. The summed E-state index contributed by atoms with van der Waals surface area (Å²) in [5.41, 5.74) is 1.31. The van der Waals surface area contributed by atoms with Crippen LogP contribution in [0.3, 0.4) is 0 Å². The standard InChI is InChI=1S/C20H28BrClN2O2/c1-2-7-24-13-16(14-26-20(24)25)12-23-8-5-15(6-9-23)10-17-11-18(22)3-4-19(17)21/h3-4,11,15-16H,2,5-10,12-14H2,1H3. The summed E-state index contributed by atoms with van der Waals surface area (Å²) in [6.45, 7) is 7.57. The van der Waals surface area contributed by atoms with E-state index in [1.165, 1.54) is 18.4 Å². The summed E-state index contributed by atoms with van der Waals surface area (Å²) >= 11 is 9.78. The maximum atomic E-state index is 11.8. The number of likely N-dealkylation sites (tertiary alicyclic amines) is 1. The van der Waals surface area contributed by atoms with Gasteiger partial charge >= 0.3 is 6.09 Å². The van der Waals surface area contributed by atoms with Gasteiger partial charge in [0.1, 0.15) is 0 Å². The molecule has 0 aliphatic carbocycles. The van der Waals surface area contributed by atoms with E-state index in [2.05, 4.69) is 33.8 Å². The number of carbonyl (C=O) groups excluding carboxylic acids is 1. The summed E-state index contributed by atoms with van der Waals surface area (Å²) in [7, 11) is 0. The van der Waals surface area contributed by atoms with Crippen molar-refractivity contribution in [3.63, 3.8) is 0 Å². The minimum absolute atomic E-state index is 0.145. The molecular weight excluding hydrogens is 416 g/mol. The van der Waals surface area contributed by atoms with Crippen molar-refractivity contribution in [3.05, 3.63) is 33.3 Å². The Morgan fingerprint density at radius 3 is 2.77 bits per heavy atom. The quantitative estimate of drug-likeness (QED) is 0.631. The lowest BCUT2D eigenvalue weighted by Gasteiger charge is -2.37. The smallest absolute Gasteiger partial charge is 0.409 e. The van der Waals surface area contributed by atoms with Gasteiger partial charge in [0.15, 0.2) is 0 Å². The lowest BCUT2D eigenvalue weighted by Crippen LogP contribution is -2.48. The van der Waals surface area contributed by atoms with E-state index in [-0.39, 0.29) is 6.09 Å². The first-order chi connectivity index (χ1) is 12.5. The fourth-order valence-electron chi connectivity index (χ4n) is 4.03. The van der Waals surface area contributed by atoms with Gasteiger partial charge in [0.2, 0.25) is 0 Å². The van der Waals surface area contributed by atoms with Crippen LogP contribution < -0.4 is 0 Å². The topological polar surface area (TPSA) is 32.8 Å². The van der Waals surface area contributed by atoms with E-state index in [0.29, 0.717) is 18.4 Å². The van der Waals surface area contributed by atoms with Crippen LogP contribution in [0.4, 0.5) is 4.79 Å². The van der Waals surface area contributed by atoms with Crippen molar-refractivity contribution < 1.29 is 9.53 Å². The molecule has 1 atom stereocenters. The number of ether oxygens (including phenoxy) is 1. The van der Waals surface area contributed by atoms with E-state index in [4.69, 9.17) is 16.3 Å². The molecule has 0 N–H and O–H groups in total. The number of hydrogen-bond acceptors (Lipinski definition) is 3. The number of carbonyl (C=O) groups is 1. The lowest BCUT2D eigenvalue weighted by molar-refractivity contribution is 0.0269. The number of halogens is 2. The average molecular weight is 444 g/mol. The third-order valence-electron chi connectivity index (χ3n) is 5.41. The van der Waals surface area contributed by atoms with Crippen molar-refractivity contribution in [2.24, 2.45) is 11.8 Å². The molecule has 2 saturated heterocycles. The highest BCUT2D eigenvalue weighted by atomic mass is 79.9. The third kappa shape index (κ3) is 5.37. The van der Waals surface area contributed by atoms with Crippen LogP contribution in [0.25, 0.3) is 0 Å². The second-order valence-corrected chi connectivity index (χ2v) is 8.86. The first kappa shape index (κ1) is 20.0. The van der Waals surface area contributed by atoms with Crippen molar-refractivity contribution in [1.82, 2.24) is 9.80 Å². The molecule has 26 heavy (non-hydrogen) atoms. The maximum Gasteiger partial charge on any atom is 0.409 e. The third-order valence-corrected chi connectivity index (χ3v) is 6.42. The lowest BCUT2D eigenvalue weighted by atomic mass is 9.89. The Hall–Kier alpha value is -0.780. The van der Waals surface area contributed by atoms with Gasteiger partial charge in [-0.25, -0.2) is 4.79 Å². The summed E-state index contributed by atoms with van der Waals surface area (Å²) in [5, 5.41) is 0.809. The Morgan fingerprint density at radius 2 is 2.04 bits per heavy atom. The molecule has 0 spiro atoms. The zero-order chi connectivity index (χ0) is 18.5. The summed E-state index contributed by atoms with van der Waals surface area (Å²) in [6.07, 6.45) is 4.34. The second-order valence-electron chi connectivity index (χ2n) is 7.57. The van der Waals surface area contributed by atoms with Crippen molar-refractivity contribution in [2.75, 3.05) is 39.3 Å². The Labute approximate surface area is 169 Å². The minimum Gasteiger partial charge on any atom is -0.449 e. The molecule has 1 aromatic rings. The monoisotopic (exact) mass is 442 g/mol. The molecule has 2 heterocycles. The highest BCUT2D eigenvalue weighted by Crippen LogP contribution is 2.28. The average Bonchev–Trinajstić information content (AvgIpc) is 2.63. The van der Waals surface area contributed by atoms with Gasteiger partial charge in [0.05, 0.1) is 6.61 Å². The van der Waals surface area contributed by atoms with Gasteiger partial charge < -0.3 is 14.5 Å². The number of piperidine rings is 1. The van der Waals surface area contributed by atoms with Crippen LogP contribution in [0, 0.1) is 11.8 Å². The maximum absolute atomic E-state index is 11.8. The first-order valence-corrected chi connectivity index (χ1v) is 10.8. The largest absolute Gasteiger partial charge is 0.449 e. The van der Waals surface area contributed by atoms with Gasteiger partial charge in [-0.15, -0.1) is 0 Å². The number of nitrogens with zero attached hydrogens (tertiary/aromatic N) is 2. The fourth-order valence-corrected chi connectivity index (χ4v) is 4.63. The Bertz CT molecular complexity index is 620. The number of benzene rings is 1. The van der Waals surface area contributed by atoms with Crippen LogP contribution in [0.1, 0.15) is 31.7 Å². The van der Waals surface area contributed by atoms with E-state index >= 15 is 0 Å². The predicted molar refractivity (Wildman–Crippen MR) is 109 cm³/mol. The molecule has 2 fully saturated rings. The van der Waals surface area contributed by atoms with Gasteiger partial charge in [0.25, 0.3) is 0 Å². The zero-order valence-corrected chi connectivity index (χ0v) is 17.8. The highest BCUT2D eigenvalue weighted by Gasteiger charge is 2.29. The molecule has 3 rings (SSSR count). The molecule has 0 radical (unpaired) electrons. The van der Waals surface area contributed by atoms with Crippen LogP contribution >= 0.6 is 27.5 Å². The van der Waals surface area contributed by atoms with E-state index in [0.717, 1.165) is 55.1 Å². The summed E-state index contributed by atoms with van der Waals surface area (Å²) in [5.74, 6) is 1.14. The van der Waals surface area contributed by atoms with Crippen molar-refractivity contribution in [1.29, 1.82) is 0 Å². The van der Waals surface area contributed by atoms with Crippen molar-refractivity contribution >= 4 is 33.6 Å². The van der Waals surface area contributed by atoms with Gasteiger partial charge in [-0.3, -0.25) is 0 Å². The molecular formula is C20H28BrClN2O2. The summed E-state index contributed by atoms with van der Waals surface area (Å²) in [6, 6.07) is 6.05. The summed E-state index contributed by atoms with van der Waals surface area (Å²) < 4.78 is 6.52. The van der Waals surface area contributed by atoms with Crippen LogP contribution in [-0.2, 0) is 11.2 Å². The molecule has 0 bridgehead atoms. The Balaban J connectivity index is 1.45.